The highest BCUT2D eigenvalue weighted by Crippen LogP contribution is 2.37. The lowest BCUT2D eigenvalue weighted by Crippen LogP contribution is -1.98. The van der Waals surface area contributed by atoms with Crippen LogP contribution in [-0.2, 0) is 0 Å². The average molecular weight is 717 g/mol. The molecule has 0 saturated heterocycles. The summed E-state index contributed by atoms with van der Waals surface area (Å²) in [6.45, 7) is 0. The fraction of sp³-hybridized carbons (Fsp3) is 0. The predicted octanol–water partition coefficient (Wildman–Crippen LogP) is 12.1. The van der Waals surface area contributed by atoms with Crippen LogP contribution in [-0.4, -0.2) is 29.1 Å². The van der Waals surface area contributed by atoms with Crippen LogP contribution in [0.15, 0.2) is 194 Å². The third kappa shape index (κ3) is 5.27. The van der Waals surface area contributed by atoms with Crippen LogP contribution >= 0.6 is 0 Å². The summed E-state index contributed by atoms with van der Waals surface area (Å²) in [7, 11) is 0. The van der Waals surface area contributed by atoms with E-state index in [0.29, 0.717) is 11.6 Å². The Labute approximate surface area is 322 Å². The molecule has 7 aromatic carbocycles. The number of fused-ring (bicyclic) bond motifs is 6. The fourth-order valence-corrected chi connectivity index (χ4v) is 8.04. The summed E-state index contributed by atoms with van der Waals surface area (Å²) in [6.07, 6.45) is 3.66. The normalized spacial score (nSPS) is 11.6. The van der Waals surface area contributed by atoms with Crippen LogP contribution in [0.2, 0.25) is 0 Å². The molecule has 0 radical (unpaired) electrons. The Morgan fingerprint density at radius 1 is 0.304 bits per heavy atom. The van der Waals surface area contributed by atoms with Gasteiger partial charge in [-0.1, -0.05) is 121 Å². The standard InChI is InChI=1S/C50H32N6/c1-3-14-33(15-4-1)43-30-44(34-16-5-2-6-17-34)54-50(53-43)36-31-51-49(52-32-36)35-26-27-48-42(28-35)41-22-9-12-25-47(41)56(48)38-19-13-18-37(29-38)55-45-23-10-7-20-39(45)40-21-8-11-24-46(40)55/h1-32H. The molecule has 11 aromatic rings. The zero-order chi connectivity index (χ0) is 37.0. The molecule has 11 rings (SSSR count). The molecule has 0 unspecified atom stereocenters. The molecule has 56 heavy (non-hydrogen) atoms. The van der Waals surface area contributed by atoms with Crippen molar-refractivity contribution in [3.05, 3.63) is 194 Å². The molecular formula is C50H32N6. The Morgan fingerprint density at radius 2 is 0.768 bits per heavy atom. The number of para-hydroxylation sites is 3. The summed E-state index contributed by atoms with van der Waals surface area (Å²) in [6, 6.07) is 63.6. The zero-order valence-electron chi connectivity index (χ0n) is 30.2. The summed E-state index contributed by atoms with van der Waals surface area (Å²) in [5, 5.41) is 4.80. The van der Waals surface area contributed by atoms with Gasteiger partial charge in [0.2, 0.25) is 0 Å². The van der Waals surface area contributed by atoms with Crippen LogP contribution in [0.1, 0.15) is 0 Å². The van der Waals surface area contributed by atoms with E-state index in [2.05, 4.69) is 149 Å². The molecule has 0 aliphatic rings. The van der Waals surface area contributed by atoms with Crippen LogP contribution in [0, 0.1) is 0 Å². The van der Waals surface area contributed by atoms with Gasteiger partial charge in [-0.05, 0) is 60.7 Å². The van der Waals surface area contributed by atoms with Crippen LogP contribution in [0.4, 0.5) is 0 Å². The molecule has 4 heterocycles. The van der Waals surface area contributed by atoms with Gasteiger partial charge in [0, 0.05) is 62.0 Å². The van der Waals surface area contributed by atoms with Gasteiger partial charge in [0.1, 0.15) is 0 Å². The maximum atomic E-state index is 4.97. The average Bonchev–Trinajstić information content (AvgIpc) is 3.80. The topological polar surface area (TPSA) is 61.4 Å². The summed E-state index contributed by atoms with van der Waals surface area (Å²) >= 11 is 0. The summed E-state index contributed by atoms with van der Waals surface area (Å²) in [4.78, 5) is 19.7. The number of rotatable bonds is 6. The lowest BCUT2D eigenvalue weighted by Gasteiger charge is -2.13. The van der Waals surface area contributed by atoms with Crippen molar-refractivity contribution < 1.29 is 0 Å². The summed E-state index contributed by atoms with van der Waals surface area (Å²) in [5.41, 5.74) is 12.3. The molecular weight excluding hydrogens is 685 g/mol. The zero-order valence-corrected chi connectivity index (χ0v) is 30.2. The molecule has 0 amide bonds. The Bertz CT molecular complexity index is 3130. The van der Waals surface area contributed by atoms with E-state index in [9.17, 15) is 0 Å². The van der Waals surface area contributed by atoms with Crippen molar-refractivity contribution in [3.63, 3.8) is 0 Å². The maximum absolute atomic E-state index is 4.97. The highest BCUT2D eigenvalue weighted by atomic mass is 15.0. The summed E-state index contributed by atoms with van der Waals surface area (Å²) in [5.74, 6) is 1.22. The van der Waals surface area contributed by atoms with E-state index in [1.807, 2.05) is 54.9 Å². The molecule has 0 bridgehead atoms. The van der Waals surface area contributed by atoms with Gasteiger partial charge in [0.15, 0.2) is 11.6 Å². The van der Waals surface area contributed by atoms with E-state index in [0.717, 1.165) is 61.4 Å². The first kappa shape index (κ1) is 31.8. The minimum Gasteiger partial charge on any atom is -0.309 e. The Kier molecular flexibility index (Phi) is 7.38. The van der Waals surface area contributed by atoms with Gasteiger partial charge in [-0.15, -0.1) is 0 Å². The van der Waals surface area contributed by atoms with Crippen molar-refractivity contribution in [3.8, 4) is 56.7 Å². The van der Waals surface area contributed by atoms with Crippen molar-refractivity contribution >= 4 is 43.6 Å². The first-order chi connectivity index (χ1) is 27.8. The van der Waals surface area contributed by atoms with E-state index >= 15 is 0 Å². The molecule has 0 spiro atoms. The molecule has 6 nitrogen and oxygen atoms in total. The first-order valence-electron chi connectivity index (χ1n) is 18.7. The molecule has 0 fully saturated rings. The molecule has 0 N–H and O–H groups in total. The third-order valence-corrected chi connectivity index (χ3v) is 10.6. The number of benzene rings is 7. The minimum atomic E-state index is 0.582. The lowest BCUT2D eigenvalue weighted by molar-refractivity contribution is 1.13. The largest absolute Gasteiger partial charge is 0.309 e. The van der Waals surface area contributed by atoms with Gasteiger partial charge in [0.25, 0.3) is 0 Å². The van der Waals surface area contributed by atoms with Crippen LogP contribution in [0.25, 0.3) is 100 Å². The van der Waals surface area contributed by atoms with Gasteiger partial charge in [-0.2, -0.15) is 0 Å². The monoisotopic (exact) mass is 716 g/mol. The smallest absolute Gasteiger partial charge is 0.163 e. The second-order valence-corrected chi connectivity index (χ2v) is 14.0. The fourth-order valence-electron chi connectivity index (χ4n) is 8.04. The molecule has 0 aliphatic carbocycles. The molecule has 0 aliphatic heterocycles. The van der Waals surface area contributed by atoms with Crippen molar-refractivity contribution in [1.29, 1.82) is 0 Å². The van der Waals surface area contributed by atoms with Gasteiger partial charge in [-0.25, -0.2) is 19.9 Å². The van der Waals surface area contributed by atoms with Crippen LogP contribution in [0.3, 0.4) is 0 Å². The van der Waals surface area contributed by atoms with Crippen molar-refractivity contribution in [1.82, 2.24) is 29.1 Å². The molecule has 0 saturated carbocycles. The minimum absolute atomic E-state index is 0.582. The van der Waals surface area contributed by atoms with E-state index in [4.69, 9.17) is 19.9 Å². The van der Waals surface area contributed by atoms with Crippen molar-refractivity contribution in [2.24, 2.45) is 0 Å². The number of hydrogen-bond acceptors (Lipinski definition) is 4. The molecule has 4 aromatic heterocycles. The molecule has 6 heteroatoms. The van der Waals surface area contributed by atoms with E-state index < -0.39 is 0 Å². The second-order valence-electron chi connectivity index (χ2n) is 14.0. The highest BCUT2D eigenvalue weighted by Gasteiger charge is 2.17. The molecule has 262 valence electrons. The third-order valence-electron chi connectivity index (χ3n) is 10.6. The lowest BCUT2D eigenvalue weighted by atomic mass is 10.1. The van der Waals surface area contributed by atoms with Crippen molar-refractivity contribution in [2.45, 2.75) is 0 Å². The van der Waals surface area contributed by atoms with Crippen LogP contribution in [0.5, 0.6) is 0 Å². The van der Waals surface area contributed by atoms with E-state index in [-0.39, 0.29) is 0 Å². The quantitative estimate of drug-likeness (QED) is 0.172. The number of nitrogens with zero attached hydrogens (tertiary/aromatic N) is 6. The number of hydrogen-bond donors (Lipinski definition) is 0. The van der Waals surface area contributed by atoms with E-state index in [1.165, 1.54) is 27.2 Å². The Morgan fingerprint density at radius 3 is 1.30 bits per heavy atom. The van der Waals surface area contributed by atoms with Crippen molar-refractivity contribution in [2.75, 3.05) is 0 Å². The Balaban J connectivity index is 0.996. The Hall–Kier alpha value is -7.70. The van der Waals surface area contributed by atoms with Gasteiger partial charge < -0.3 is 9.13 Å². The molecule has 0 atom stereocenters. The van der Waals surface area contributed by atoms with E-state index in [1.54, 1.807) is 0 Å². The number of aromatic nitrogens is 6. The highest BCUT2D eigenvalue weighted by molar-refractivity contribution is 6.11. The first-order valence-corrected chi connectivity index (χ1v) is 18.7. The second kappa shape index (κ2) is 13.0. The van der Waals surface area contributed by atoms with Gasteiger partial charge in [-0.3, -0.25) is 0 Å². The SMILES string of the molecule is c1ccc(-c2cc(-c3ccccc3)nc(-c3cnc(-c4ccc5c(c4)c4ccccc4n5-c4cccc(-n5c6ccccc6c6ccccc65)c4)nc3)n2)cc1. The summed E-state index contributed by atoms with van der Waals surface area (Å²) < 4.78 is 4.73. The van der Waals surface area contributed by atoms with Crippen LogP contribution < -0.4 is 0 Å². The maximum Gasteiger partial charge on any atom is 0.163 e. The van der Waals surface area contributed by atoms with Gasteiger partial charge >= 0.3 is 0 Å². The van der Waals surface area contributed by atoms with Gasteiger partial charge in [0.05, 0.1) is 39.0 Å². The predicted molar refractivity (Wildman–Crippen MR) is 228 cm³/mol.